The van der Waals surface area contributed by atoms with Gasteiger partial charge < -0.3 is 20.3 Å². The van der Waals surface area contributed by atoms with E-state index in [9.17, 15) is 4.79 Å². The Morgan fingerprint density at radius 2 is 2.00 bits per heavy atom. The van der Waals surface area contributed by atoms with Crippen LogP contribution >= 0.6 is 0 Å². The Hall–Kier alpha value is -1.82. The van der Waals surface area contributed by atoms with Gasteiger partial charge in [-0.05, 0) is 43.7 Å². The molecule has 0 atom stereocenters. The summed E-state index contributed by atoms with van der Waals surface area (Å²) < 4.78 is 5.30. The number of carbonyl (C=O) groups excluding carboxylic acids is 1. The van der Waals surface area contributed by atoms with Crippen LogP contribution in [0.1, 0.15) is 25.7 Å². The van der Waals surface area contributed by atoms with E-state index in [2.05, 4.69) is 26.6 Å². The molecule has 6 heteroatoms. The molecule has 3 heterocycles. The molecule has 2 fully saturated rings. The van der Waals surface area contributed by atoms with Crippen molar-refractivity contribution in [1.82, 2.24) is 15.6 Å². The SMILES string of the molecule is O=C(NCC1CCN(c2ccccn2)CC1)NC1CCOCC1. The van der Waals surface area contributed by atoms with E-state index < -0.39 is 0 Å². The second-order valence-electron chi connectivity index (χ2n) is 6.36. The average molecular weight is 318 g/mol. The summed E-state index contributed by atoms with van der Waals surface area (Å²) in [6.45, 7) is 4.26. The normalized spacial score (nSPS) is 20.3. The van der Waals surface area contributed by atoms with E-state index in [-0.39, 0.29) is 12.1 Å². The van der Waals surface area contributed by atoms with Crippen LogP contribution in [0.2, 0.25) is 0 Å². The number of carbonyl (C=O) groups is 1. The van der Waals surface area contributed by atoms with Crippen LogP contribution in [0.15, 0.2) is 24.4 Å². The Balaban J connectivity index is 1.35. The van der Waals surface area contributed by atoms with Crippen molar-refractivity contribution in [2.24, 2.45) is 5.92 Å². The van der Waals surface area contributed by atoms with E-state index in [0.717, 1.165) is 64.3 Å². The number of aromatic nitrogens is 1. The van der Waals surface area contributed by atoms with Crippen LogP contribution in [0.3, 0.4) is 0 Å². The van der Waals surface area contributed by atoms with E-state index in [1.807, 2.05) is 18.3 Å². The van der Waals surface area contributed by atoms with Gasteiger partial charge in [0.05, 0.1) is 0 Å². The Morgan fingerprint density at radius 1 is 1.22 bits per heavy atom. The molecule has 2 aliphatic rings. The van der Waals surface area contributed by atoms with Gasteiger partial charge in [-0.15, -0.1) is 0 Å². The Morgan fingerprint density at radius 3 is 2.70 bits per heavy atom. The minimum atomic E-state index is -0.0379. The third-order valence-corrected chi connectivity index (χ3v) is 4.70. The lowest BCUT2D eigenvalue weighted by atomic mass is 9.97. The van der Waals surface area contributed by atoms with Crippen molar-refractivity contribution in [3.05, 3.63) is 24.4 Å². The number of nitrogens with one attached hydrogen (secondary N) is 2. The molecule has 0 radical (unpaired) electrons. The van der Waals surface area contributed by atoms with Crippen LogP contribution in [0, 0.1) is 5.92 Å². The highest BCUT2D eigenvalue weighted by Gasteiger charge is 2.21. The number of pyridine rings is 1. The van der Waals surface area contributed by atoms with Gasteiger partial charge in [-0.2, -0.15) is 0 Å². The van der Waals surface area contributed by atoms with Gasteiger partial charge in [-0.1, -0.05) is 6.07 Å². The number of urea groups is 1. The topological polar surface area (TPSA) is 66.5 Å². The molecule has 0 spiro atoms. The summed E-state index contributed by atoms with van der Waals surface area (Å²) in [4.78, 5) is 18.7. The van der Waals surface area contributed by atoms with Crippen molar-refractivity contribution < 1.29 is 9.53 Å². The second-order valence-corrected chi connectivity index (χ2v) is 6.36. The Labute approximate surface area is 137 Å². The van der Waals surface area contributed by atoms with Crippen molar-refractivity contribution >= 4 is 11.8 Å². The summed E-state index contributed by atoms with van der Waals surface area (Å²) in [5, 5.41) is 6.07. The van der Waals surface area contributed by atoms with Crippen molar-refractivity contribution in [2.45, 2.75) is 31.7 Å². The molecule has 6 nitrogen and oxygen atoms in total. The summed E-state index contributed by atoms with van der Waals surface area (Å²) in [5.74, 6) is 1.60. The molecular weight excluding hydrogens is 292 g/mol. The number of nitrogens with zero attached hydrogens (tertiary/aromatic N) is 2. The molecule has 2 aliphatic heterocycles. The first-order valence-corrected chi connectivity index (χ1v) is 8.59. The monoisotopic (exact) mass is 318 g/mol. The van der Waals surface area contributed by atoms with Crippen molar-refractivity contribution in [1.29, 1.82) is 0 Å². The van der Waals surface area contributed by atoms with Gasteiger partial charge in [-0.3, -0.25) is 0 Å². The maximum absolute atomic E-state index is 12.0. The van der Waals surface area contributed by atoms with Crippen molar-refractivity contribution in [3.8, 4) is 0 Å². The highest BCUT2D eigenvalue weighted by molar-refractivity contribution is 5.74. The van der Waals surface area contributed by atoms with Gasteiger partial charge in [0.2, 0.25) is 0 Å². The van der Waals surface area contributed by atoms with Gasteiger partial charge in [-0.25, -0.2) is 9.78 Å². The first kappa shape index (κ1) is 16.1. The number of anilines is 1. The van der Waals surface area contributed by atoms with Crippen LogP contribution in [-0.2, 0) is 4.74 Å². The molecule has 126 valence electrons. The summed E-state index contributed by atoms with van der Waals surface area (Å²) >= 11 is 0. The average Bonchev–Trinajstić information content (AvgIpc) is 2.62. The number of hydrogen-bond acceptors (Lipinski definition) is 4. The molecule has 1 aromatic heterocycles. The van der Waals surface area contributed by atoms with Gasteiger partial charge in [0.1, 0.15) is 5.82 Å². The van der Waals surface area contributed by atoms with E-state index in [4.69, 9.17) is 4.74 Å². The highest BCUT2D eigenvalue weighted by atomic mass is 16.5. The molecule has 3 rings (SSSR count). The molecule has 2 amide bonds. The number of ether oxygens (including phenoxy) is 1. The molecule has 0 bridgehead atoms. The predicted molar refractivity (Wildman–Crippen MR) is 89.5 cm³/mol. The van der Waals surface area contributed by atoms with E-state index in [1.54, 1.807) is 0 Å². The van der Waals surface area contributed by atoms with Gasteiger partial charge in [0.15, 0.2) is 0 Å². The van der Waals surface area contributed by atoms with Crippen molar-refractivity contribution in [2.75, 3.05) is 37.7 Å². The molecule has 0 aliphatic carbocycles. The van der Waals surface area contributed by atoms with Crippen LogP contribution < -0.4 is 15.5 Å². The maximum Gasteiger partial charge on any atom is 0.315 e. The van der Waals surface area contributed by atoms with E-state index >= 15 is 0 Å². The standard InChI is InChI=1S/C17H26N4O2/c22-17(20-15-6-11-23-12-7-15)19-13-14-4-9-21(10-5-14)16-3-1-2-8-18-16/h1-3,8,14-15H,4-7,9-13H2,(H2,19,20,22). The van der Waals surface area contributed by atoms with Gasteiger partial charge in [0.25, 0.3) is 0 Å². The van der Waals surface area contributed by atoms with E-state index in [0.29, 0.717) is 5.92 Å². The third kappa shape index (κ3) is 4.82. The minimum Gasteiger partial charge on any atom is -0.381 e. The quantitative estimate of drug-likeness (QED) is 0.888. The number of rotatable bonds is 4. The lowest BCUT2D eigenvalue weighted by Crippen LogP contribution is -2.46. The van der Waals surface area contributed by atoms with Crippen molar-refractivity contribution in [3.63, 3.8) is 0 Å². The third-order valence-electron chi connectivity index (χ3n) is 4.70. The smallest absolute Gasteiger partial charge is 0.315 e. The summed E-state index contributed by atoms with van der Waals surface area (Å²) in [5.41, 5.74) is 0. The van der Waals surface area contributed by atoms with Crippen LogP contribution in [0.5, 0.6) is 0 Å². The van der Waals surface area contributed by atoms with Crippen LogP contribution in [0.25, 0.3) is 0 Å². The molecular formula is C17H26N4O2. The van der Waals surface area contributed by atoms with Crippen LogP contribution in [-0.4, -0.2) is 49.9 Å². The molecule has 0 unspecified atom stereocenters. The Kier molecular flexibility index (Phi) is 5.69. The largest absolute Gasteiger partial charge is 0.381 e. The minimum absolute atomic E-state index is 0.0379. The van der Waals surface area contributed by atoms with Crippen LogP contribution in [0.4, 0.5) is 10.6 Å². The fourth-order valence-electron chi connectivity index (χ4n) is 3.22. The Bertz CT molecular complexity index is 483. The number of hydrogen-bond donors (Lipinski definition) is 2. The fourth-order valence-corrected chi connectivity index (χ4v) is 3.22. The summed E-state index contributed by atoms with van der Waals surface area (Å²) in [6, 6.07) is 6.24. The first-order valence-electron chi connectivity index (χ1n) is 8.59. The zero-order valence-corrected chi connectivity index (χ0v) is 13.5. The lowest BCUT2D eigenvalue weighted by Gasteiger charge is -2.33. The number of piperidine rings is 1. The lowest BCUT2D eigenvalue weighted by molar-refractivity contribution is 0.0800. The zero-order chi connectivity index (χ0) is 15.9. The molecule has 2 N–H and O–H groups in total. The molecule has 23 heavy (non-hydrogen) atoms. The predicted octanol–water partition coefficient (Wildman–Crippen LogP) is 1.78. The highest BCUT2D eigenvalue weighted by Crippen LogP contribution is 2.20. The fraction of sp³-hybridized carbons (Fsp3) is 0.647. The summed E-state index contributed by atoms with van der Waals surface area (Å²) in [7, 11) is 0. The molecule has 1 aromatic rings. The van der Waals surface area contributed by atoms with Gasteiger partial charge >= 0.3 is 6.03 Å². The molecule has 2 saturated heterocycles. The molecule has 0 aromatic carbocycles. The zero-order valence-electron chi connectivity index (χ0n) is 13.5. The maximum atomic E-state index is 12.0. The number of amides is 2. The first-order chi connectivity index (χ1) is 11.3. The molecule has 0 saturated carbocycles. The van der Waals surface area contributed by atoms with E-state index in [1.165, 1.54) is 0 Å². The summed E-state index contributed by atoms with van der Waals surface area (Å²) in [6.07, 6.45) is 5.84. The van der Waals surface area contributed by atoms with Gasteiger partial charge in [0, 0.05) is 45.1 Å². The second kappa shape index (κ2) is 8.15.